The molecule has 1 aliphatic heterocycles. The summed E-state index contributed by atoms with van der Waals surface area (Å²) in [5.74, 6) is -0.0162. The number of rotatable bonds is 4. The number of likely N-dealkylation sites (N-methyl/N-ethyl adjacent to an activating group) is 1. The molecule has 5 heteroatoms. The highest BCUT2D eigenvalue weighted by Crippen LogP contribution is 2.47. The van der Waals surface area contributed by atoms with Crippen LogP contribution in [0, 0.1) is 5.41 Å². The molecule has 18 heavy (non-hydrogen) atoms. The summed E-state index contributed by atoms with van der Waals surface area (Å²) < 4.78 is 0. The molecule has 0 bridgehead atoms. The van der Waals surface area contributed by atoms with Gasteiger partial charge in [0.25, 0.3) is 0 Å². The maximum Gasteiger partial charge on any atom is 0.238 e. The van der Waals surface area contributed by atoms with Gasteiger partial charge in [-0.15, -0.1) is 0 Å². The summed E-state index contributed by atoms with van der Waals surface area (Å²) in [5, 5.41) is 2.87. The zero-order chi connectivity index (χ0) is 13.2. The molecule has 0 atom stereocenters. The van der Waals surface area contributed by atoms with Crippen LogP contribution in [0.2, 0.25) is 0 Å². The third kappa shape index (κ3) is 2.51. The number of carbonyl (C=O) groups is 2. The van der Waals surface area contributed by atoms with Gasteiger partial charge >= 0.3 is 0 Å². The monoisotopic (exact) mass is 253 g/mol. The van der Waals surface area contributed by atoms with Crippen molar-refractivity contribution in [2.75, 3.05) is 39.8 Å². The van der Waals surface area contributed by atoms with Crippen molar-refractivity contribution in [3.05, 3.63) is 0 Å². The number of nitrogens with one attached hydrogen (secondary N) is 1. The van der Waals surface area contributed by atoms with Gasteiger partial charge in [-0.25, -0.2) is 0 Å². The van der Waals surface area contributed by atoms with Crippen LogP contribution in [0.4, 0.5) is 0 Å². The van der Waals surface area contributed by atoms with E-state index in [1.165, 1.54) is 0 Å². The van der Waals surface area contributed by atoms with Crippen molar-refractivity contribution in [3.8, 4) is 0 Å². The average molecular weight is 253 g/mol. The Morgan fingerprint density at radius 3 is 2.28 bits per heavy atom. The quantitative estimate of drug-likeness (QED) is 0.721. The molecule has 1 aliphatic carbocycles. The number of nitrogens with zero attached hydrogens (tertiary/aromatic N) is 2. The number of piperazine rings is 1. The van der Waals surface area contributed by atoms with Gasteiger partial charge < -0.3 is 15.1 Å². The summed E-state index contributed by atoms with van der Waals surface area (Å²) in [5.41, 5.74) is -0.717. The molecule has 2 aliphatic rings. The lowest BCUT2D eigenvalue weighted by atomic mass is 10.0. The Balaban J connectivity index is 1.93. The SMILES string of the molecule is CCCNC(=O)C1(C(=O)N2CCN(C)CC2)CC1. The van der Waals surface area contributed by atoms with Crippen molar-refractivity contribution in [1.29, 1.82) is 0 Å². The molecule has 0 unspecified atom stereocenters. The van der Waals surface area contributed by atoms with E-state index < -0.39 is 5.41 Å². The Kier molecular flexibility index (Phi) is 3.90. The van der Waals surface area contributed by atoms with E-state index in [-0.39, 0.29) is 11.8 Å². The van der Waals surface area contributed by atoms with Crippen molar-refractivity contribution in [1.82, 2.24) is 15.1 Å². The molecule has 0 aromatic rings. The second-order valence-electron chi connectivity index (χ2n) is 5.43. The molecular formula is C13H23N3O2. The lowest BCUT2D eigenvalue weighted by Gasteiger charge is -2.34. The fourth-order valence-electron chi connectivity index (χ4n) is 2.38. The molecule has 0 spiro atoms. The number of hydrogen-bond donors (Lipinski definition) is 1. The van der Waals surface area contributed by atoms with Crippen LogP contribution in [0.3, 0.4) is 0 Å². The third-order valence-electron chi connectivity index (χ3n) is 3.92. The summed E-state index contributed by atoms with van der Waals surface area (Å²) in [6, 6.07) is 0. The van der Waals surface area contributed by atoms with E-state index in [1.54, 1.807) is 0 Å². The summed E-state index contributed by atoms with van der Waals surface area (Å²) in [4.78, 5) is 28.6. The molecule has 2 rings (SSSR count). The Morgan fingerprint density at radius 2 is 1.78 bits per heavy atom. The van der Waals surface area contributed by atoms with E-state index in [9.17, 15) is 9.59 Å². The van der Waals surface area contributed by atoms with Gasteiger partial charge in [0.05, 0.1) is 0 Å². The highest BCUT2D eigenvalue weighted by atomic mass is 16.2. The first-order valence-electron chi connectivity index (χ1n) is 6.86. The van der Waals surface area contributed by atoms with Gasteiger partial charge in [-0.05, 0) is 26.3 Å². The molecule has 1 N–H and O–H groups in total. The third-order valence-corrected chi connectivity index (χ3v) is 3.92. The van der Waals surface area contributed by atoms with E-state index in [1.807, 2.05) is 11.8 Å². The molecule has 0 aromatic heterocycles. The normalized spacial score (nSPS) is 22.7. The Labute approximate surface area is 108 Å². The maximum absolute atomic E-state index is 12.4. The molecule has 2 fully saturated rings. The Hall–Kier alpha value is -1.10. The highest BCUT2D eigenvalue weighted by Gasteiger charge is 2.57. The minimum Gasteiger partial charge on any atom is -0.355 e. The molecule has 0 radical (unpaired) electrons. The summed E-state index contributed by atoms with van der Waals surface area (Å²) in [6.07, 6.45) is 2.34. The minimum atomic E-state index is -0.717. The van der Waals surface area contributed by atoms with Crippen molar-refractivity contribution in [3.63, 3.8) is 0 Å². The molecule has 1 heterocycles. The van der Waals surface area contributed by atoms with Crippen LogP contribution < -0.4 is 5.32 Å². The van der Waals surface area contributed by atoms with E-state index >= 15 is 0 Å². The second-order valence-corrected chi connectivity index (χ2v) is 5.43. The zero-order valence-electron chi connectivity index (χ0n) is 11.4. The van der Waals surface area contributed by atoms with Crippen molar-refractivity contribution in [2.24, 2.45) is 5.41 Å². The summed E-state index contributed by atoms with van der Waals surface area (Å²) in [7, 11) is 2.06. The van der Waals surface area contributed by atoms with Crippen LogP contribution in [0.25, 0.3) is 0 Å². The van der Waals surface area contributed by atoms with Crippen molar-refractivity contribution < 1.29 is 9.59 Å². The lowest BCUT2D eigenvalue weighted by Crippen LogP contribution is -2.52. The zero-order valence-corrected chi connectivity index (χ0v) is 11.4. The Morgan fingerprint density at radius 1 is 1.17 bits per heavy atom. The average Bonchev–Trinajstić information content (AvgIpc) is 3.17. The van der Waals surface area contributed by atoms with Crippen LogP contribution >= 0.6 is 0 Å². The molecular weight excluding hydrogens is 230 g/mol. The standard InChI is InChI=1S/C13H23N3O2/c1-3-6-14-11(17)13(4-5-13)12(18)16-9-7-15(2)8-10-16/h3-10H2,1-2H3,(H,14,17). The predicted octanol–water partition coefficient (Wildman–Crippen LogP) is 0.0668. The van der Waals surface area contributed by atoms with Crippen LogP contribution in [0.15, 0.2) is 0 Å². The fraction of sp³-hybridized carbons (Fsp3) is 0.846. The summed E-state index contributed by atoms with van der Waals surface area (Å²) in [6.45, 7) is 5.98. The molecule has 5 nitrogen and oxygen atoms in total. The first kappa shape index (κ1) is 13.3. The maximum atomic E-state index is 12.4. The van der Waals surface area contributed by atoms with Gasteiger partial charge in [0, 0.05) is 32.7 Å². The lowest BCUT2D eigenvalue weighted by molar-refractivity contribution is -0.145. The van der Waals surface area contributed by atoms with E-state index in [0.29, 0.717) is 19.4 Å². The van der Waals surface area contributed by atoms with Crippen LogP contribution in [-0.4, -0.2) is 61.4 Å². The minimum absolute atomic E-state index is 0.0456. The van der Waals surface area contributed by atoms with Crippen LogP contribution in [0.1, 0.15) is 26.2 Å². The topological polar surface area (TPSA) is 52.7 Å². The molecule has 102 valence electrons. The van der Waals surface area contributed by atoms with E-state index in [4.69, 9.17) is 0 Å². The molecule has 1 saturated carbocycles. The first-order chi connectivity index (χ1) is 8.60. The van der Waals surface area contributed by atoms with Crippen molar-refractivity contribution >= 4 is 11.8 Å². The van der Waals surface area contributed by atoms with Crippen LogP contribution in [-0.2, 0) is 9.59 Å². The highest BCUT2D eigenvalue weighted by molar-refractivity contribution is 6.07. The largest absolute Gasteiger partial charge is 0.355 e. The number of carbonyl (C=O) groups excluding carboxylic acids is 2. The van der Waals surface area contributed by atoms with Gasteiger partial charge in [-0.2, -0.15) is 0 Å². The molecule has 0 aromatic carbocycles. The van der Waals surface area contributed by atoms with E-state index in [0.717, 1.165) is 32.6 Å². The smallest absolute Gasteiger partial charge is 0.238 e. The van der Waals surface area contributed by atoms with Crippen LogP contribution in [0.5, 0.6) is 0 Å². The first-order valence-corrected chi connectivity index (χ1v) is 6.86. The fourth-order valence-corrected chi connectivity index (χ4v) is 2.38. The number of amides is 2. The van der Waals surface area contributed by atoms with Gasteiger partial charge in [0.1, 0.15) is 5.41 Å². The summed E-state index contributed by atoms with van der Waals surface area (Å²) >= 11 is 0. The van der Waals surface area contributed by atoms with Gasteiger partial charge in [0.2, 0.25) is 11.8 Å². The van der Waals surface area contributed by atoms with Gasteiger partial charge in [-0.1, -0.05) is 6.92 Å². The van der Waals surface area contributed by atoms with Gasteiger partial charge in [-0.3, -0.25) is 9.59 Å². The van der Waals surface area contributed by atoms with E-state index in [2.05, 4.69) is 17.3 Å². The second kappa shape index (κ2) is 5.26. The molecule has 1 saturated heterocycles. The predicted molar refractivity (Wildman–Crippen MR) is 69.0 cm³/mol. The number of hydrogen-bond acceptors (Lipinski definition) is 3. The van der Waals surface area contributed by atoms with Crippen molar-refractivity contribution in [2.45, 2.75) is 26.2 Å². The Bertz CT molecular complexity index is 331. The molecule has 2 amide bonds. The van der Waals surface area contributed by atoms with Gasteiger partial charge in [0.15, 0.2) is 0 Å².